The molecule has 0 aliphatic heterocycles. The minimum absolute atomic E-state index is 0.0971. The van der Waals surface area contributed by atoms with E-state index in [-0.39, 0.29) is 24.6 Å². The minimum atomic E-state index is -0.827. The molecule has 0 spiro atoms. The number of hydrogen-bond acceptors (Lipinski definition) is 2. The summed E-state index contributed by atoms with van der Waals surface area (Å²) in [5.74, 6) is -1.23. The van der Waals surface area contributed by atoms with Gasteiger partial charge in [-0.05, 0) is 48.6 Å². The van der Waals surface area contributed by atoms with Crippen LogP contribution < -0.4 is 5.32 Å². The van der Waals surface area contributed by atoms with Crippen LogP contribution in [0.4, 0.5) is 4.39 Å². The summed E-state index contributed by atoms with van der Waals surface area (Å²) in [5.41, 5.74) is 3.64. The molecule has 0 bridgehead atoms. The van der Waals surface area contributed by atoms with Crippen LogP contribution in [0.3, 0.4) is 0 Å². The fraction of sp³-hybridized carbons (Fsp3) is 0.273. The molecule has 2 aromatic carbocycles. The van der Waals surface area contributed by atoms with Crippen molar-refractivity contribution in [3.63, 3.8) is 0 Å². The van der Waals surface area contributed by atoms with Crippen molar-refractivity contribution < 1.29 is 19.1 Å². The van der Waals surface area contributed by atoms with E-state index < -0.39 is 5.97 Å². The van der Waals surface area contributed by atoms with Crippen LogP contribution >= 0.6 is 0 Å². The largest absolute Gasteiger partial charge is 0.481 e. The molecule has 0 fully saturated rings. The number of carboxylic acids is 1. The molecule has 0 aliphatic carbocycles. The third-order valence-corrected chi connectivity index (χ3v) is 4.67. The molecule has 6 heteroatoms. The maximum Gasteiger partial charge on any atom is 0.303 e. The number of carbonyl (C=O) groups excluding carboxylic acids is 1. The molecular weight excluding hydrogens is 359 g/mol. The quantitative estimate of drug-likeness (QED) is 0.483. The summed E-state index contributed by atoms with van der Waals surface area (Å²) in [4.78, 5) is 26.0. The van der Waals surface area contributed by atoms with Crippen molar-refractivity contribution in [3.8, 4) is 11.3 Å². The molecule has 0 atom stereocenters. The number of aromatic nitrogens is 1. The van der Waals surface area contributed by atoms with Crippen molar-refractivity contribution in [2.45, 2.75) is 32.1 Å². The number of aromatic amines is 1. The van der Waals surface area contributed by atoms with Crippen molar-refractivity contribution in [2.24, 2.45) is 0 Å². The molecule has 146 valence electrons. The van der Waals surface area contributed by atoms with E-state index in [1.807, 2.05) is 30.3 Å². The Labute approximate surface area is 162 Å². The van der Waals surface area contributed by atoms with E-state index in [0.29, 0.717) is 25.8 Å². The number of hydrogen-bond donors (Lipinski definition) is 3. The van der Waals surface area contributed by atoms with Crippen LogP contribution in [0.15, 0.2) is 48.5 Å². The Bertz CT molecular complexity index is 967. The predicted molar refractivity (Wildman–Crippen MR) is 107 cm³/mol. The maximum absolute atomic E-state index is 13.8. The number of unbranched alkanes of at least 4 members (excludes halogenated alkanes) is 1. The van der Waals surface area contributed by atoms with Gasteiger partial charge in [-0.15, -0.1) is 0 Å². The highest BCUT2D eigenvalue weighted by molar-refractivity contribution is 5.91. The first-order valence-electron chi connectivity index (χ1n) is 9.38. The number of amides is 1. The molecule has 3 N–H and O–H groups in total. The van der Waals surface area contributed by atoms with Gasteiger partial charge in [0.2, 0.25) is 5.91 Å². The van der Waals surface area contributed by atoms with Crippen LogP contribution in [0.25, 0.3) is 22.2 Å². The first-order chi connectivity index (χ1) is 13.5. The van der Waals surface area contributed by atoms with Crippen molar-refractivity contribution in [1.29, 1.82) is 0 Å². The lowest BCUT2D eigenvalue weighted by atomic mass is 10.0. The van der Waals surface area contributed by atoms with E-state index in [1.54, 1.807) is 6.07 Å². The summed E-state index contributed by atoms with van der Waals surface area (Å²) < 4.78 is 13.8. The topological polar surface area (TPSA) is 82.2 Å². The first-order valence-corrected chi connectivity index (χ1v) is 9.38. The van der Waals surface area contributed by atoms with Crippen molar-refractivity contribution in [1.82, 2.24) is 10.3 Å². The lowest BCUT2D eigenvalue weighted by molar-refractivity contribution is -0.137. The summed E-state index contributed by atoms with van der Waals surface area (Å²) >= 11 is 0. The molecule has 0 aliphatic rings. The number of benzene rings is 2. The third-order valence-electron chi connectivity index (χ3n) is 4.67. The SMILES string of the molecule is O=C(O)CCCCNC(=O)CCc1c(-c2ccccc2)[nH]c2ccc(F)cc12. The molecule has 0 saturated heterocycles. The average molecular weight is 382 g/mol. The van der Waals surface area contributed by atoms with Gasteiger partial charge in [0.25, 0.3) is 0 Å². The number of fused-ring (bicyclic) bond motifs is 1. The van der Waals surface area contributed by atoms with E-state index in [4.69, 9.17) is 5.11 Å². The molecule has 0 unspecified atom stereocenters. The number of carboxylic acid groups (broad SMARTS) is 1. The monoisotopic (exact) mass is 382 g/mol. The van der Waals surface area contributed by atoms with E-state index in [0.717, 1.165) is 27.7 Å². The van der Waals surface area contributed by atoms with Crippen LogP contribution in [-0.2, 0) is 16.0 Å². The van der Waals surface area contributed by atoms with Gasteiger partial charge in [-0.2, -0.15) is 0 Å². The number of aliphatic carboxylic acids is 1. The van der Waals surface area contributed by atoms with Gasteiger partial charge in [-0.25, -0.2) is 4.39 Å². The Kier molecular flexibility index (Phi) is 6.42. The highest BCUT2D eigenvalue weighted by Gasteiger charge is 2.15. The Balaban J connectivity index is 1.70. The summed E-state index contributed by atoms with van der Waals surface area (Å²) in [6.45, 7) is 0.459. The number of carbonyl (C=O) groups is 2. The van der Waals surface area contributed by atoms with Gasteiger partial charge in [0.05, 0.1) is 0 Å². The van der Waals surface area contributed by atoms with Gasteiger partial charge >= 0.3 is 5.97 Å². The van der Waals surface area contributed by atoms with E-state index in [9.17, 15) is 14.0 Å². The smallest absolute Gasteiger partial charge is 0.303 e. The minimum Gasteiger partial charge on any atom is -0.481 e. The second kappa shape index (κ2) is 9.17. The number of halogens is 1. The second-order valence-electron chi connectivity index (χ2n) is 6.74. The lowest BCUT2D eigenvalue weighted by Crippen LogP contribution is -2.24. The van der Waals surface area contributed by atoms with Gasteiger partial charge in [0.1, 0.15) is 5.82 Å². The van der Waals surface area contributed by atoms with Gasteiger partial charge in [0, 0.05) is 36.0 Å². The Morgan fingerprint density at radius 3 is 2.57 bits per heavy atom. The average Bonchev–Trinajstić information content (AvgIpc) is 3.04. The summed E-state index contributed by atoms with van der Waals surface area (Å²) in [5, 5.41) is 12.2. The van der Waals surface area contributed by atoms with Crippen molar-refractivity contribution in [2.75, 3.05) is 6.54 Å². The molecule has 0 saturated carbocycles. The fourth-order valence-corrected chi connectivity index (χ4v) is 3.29. The highest BCUT2D eigenvalue weighted by Crippen LogP contribution is 2.31. The molecule has 3 aromatic rings. The molecular formula is C22H23FN2O3. The van der Waals surface area contributed by atoms with Gasteiger partial charge in [-0.3, -0.25) is 9.59 Å². The summed E-state index contributed by atoms with van der Waals surface area (Å²) in [6.07, 6.45) is 2.04. The van der Waals surface area contributed by atoms with Crippen molar-refractivity contribution in [3.05, 3.63) is 59.9 Å². The molecule has 28 heavy (non-hydrogen) atoms. The molecule has 1 aromatic heterocycles. The standard InChI is InChI=1S/C22H23FN2O3/c23-16-9-11-19-18(14-16)17(22(25-19)15-6-2-1-3-7-15)10-12-20(26)24-13-5-4-8-21(27)28/h1-3,6-7,9,11,14,25H,4-5,8,10,12-13H2,(H,24,26)(H,27,28). The maximum atomic E-state index is 13.8. The van der Waals surface area contributed by atoms with E-state index >= 15 is 0 Å². The van der Waals surface area contributed by atoms with Gasteiger partial charge < -0.3 is 15.4 Å². The number of nitrogens with one attached hydrogen (secondary N) is 2. The Morgan fingerprint density at radius 2 is 1.82 bits per heavy atom. The molecule has 3 rings (SSSR count). The van der Waals surface area contributed by atoms with Crippen LogP contribution in [0.1, 0.15) is 31.2 Å². The van der Waals surface area contributed by atoms with E-state index in [1.165, 1.54) is 12.1 Å². The summed E-state index contributed by atoms with van der Waals surface area (Å²) in [7, 11) is 0. The zero-order valence-electron chi connectivity index (χ0n) is 15.5. The normalized spacial score (nSPS) is 10.9. The predicted octanol–water partition coefficient (Wildman–Crippen LogP) is 4.28. The van der Waals surface area contributed by atoms with E-state index in [2.05, 4.69) is 10.3 Å². The Hall–Kier alpha value is -3.15. The van der Waals surface area contributed by atoms with Crippen molar-refractivity contribution >= 4 is 22.8 Å². The first kappa shape index (κ1) is 19.6. The fourth-order valence-electron chi connectivity index (χ4n) is 3.29. The Morgan fingerprint density at radius 1 is 1.04 bits per heavy atom. The molecule has 0 radical (unpaired) electrons. The molecule has 1 heterocycles. The highest BCUT2D eigenvalue weighted by atomic mass is 19.1. The van der Waals surface area contributed by atoms with Crippen LogP contribution in [-0.4, -0.2) is 28.5 Å². The zero-order valence-corrected chi connectivity index (χ0v) is 15.5. The van der Waals surface area contributed by atoms with Crippen LogP contribution in [0, 0.1) is 5.82 Å². The number of aryl methyl sites for hydroxylation is 1. The van der Waals surface area contributed by atoms with Crippen LogP contribution in [0.5, 0.6) is 0 Å². The van der Waals surface area contributed by atoms with Gasteiger partial charge in [-0.1, -0.05) is 30.3 Å². The zero-order chi connectivity index (χ0) is 19.9. The van der Waals surface area contributed by atoms with Gasteiger partial charge in [0.15, 0.2) is 0 Å². The number of H-pyrrole nitrogens is 1. The second-order valence-corrected chi connectivity index (χ2v) is 6.74. The molecule has 5 nitrogen and oxygen atoms in total. The third kappa shape index (κ3) is 4.97. The number of rotatable bonds is 9. The molecule has 1 amide bonds. The van der Waals surface area contributed by atoms with Crippen LogP contribution in [0.2, 0.25) is 0 Å². The summed E-state index contributed by atoms with van der Waals surface area (Å²) in [6, 6.07) is 14.4. The lowest BCUT2D eigenvalue weighted by Gasteiger charge is -2.07.